The Morgan fingerprint density at radius 1 is 1.32 bits per heavy atom. The highest BCUT2D eigenvalue weighted by Crippen LogP contribution is 2.29. The predicted molar refractivity (Wildman–Crippen MR) is 71.8 cm³/mol. The summed E-state index contributed by atoms with van der Waals surface area (Å²) in [6.07, 6.45) is 2.71. The van der Waals surface area contributed by atoms with Crippen LogP contribution in [0.3, 0.4) is 0 Å². The van der Waals surface area contributed by atoms with E-state index in [2.05, 4.69) is 5.10 Å². The molecular formula is C9H11N3O4S3. The quantitative estimate of drug-likeness (QED) is 0.879. The largest absolute Gasteiger partial charge is 0.253 e. The van der Waals surface area contributed by atoms with Gasteiger partial charge in [-0.1, -0.05) is 0 Å². The van der Waals surface area contributed by atoms with Crippen molar-refractivity contribution in [1.29, 1.82) is 0 Å². The van der Waals surface area contributed by atoms with Gasteiger partial charge >= 0.3 is 0 Å². The Labute approximate surface area is 114 Å². The average molecular weight is 321 g/mol. The van der Waals surface area contributed by atoms with Crippen molar-refractivity contribution in [2.45, 2.75) is 11.1 Å². The first-order valence-electron chi connectivity index (χ1n) is 5.15. The van der Waals surface area contributed by atoms with Crippen molar-refractivity contribution in [3.63, 3.8) is 0 Å². The molecule has 2 aromatic heterocycles. The zero-order valence-electron chi connectivity index (χ0n) is 9.85. The second-order valence-electron chi connectivity index (χ2n) is 3.67. The van der Waals surface area contributed by atoms with Crippen molar-refractivity contribution < 1.29 is 16.8 Å². The SMILES string of the molecule is CCS(=O)(=O)n1cc(-c2ccc(S(N)(=O)=O)s2)cn1. The fourth-order valence-corrected chi connectivity index (χ4v) is 3.78. The lowest BCUT2D eigenvalue weighted by molar-refractivity contribution is 0.581. The van der Waals surface area contributed by atoms with Crippen molar-refractivity contribution in [2.75, 3.05) is 5.75 Å². The minimum atomic E-state index is -3.74. The number of nitrogens with two attached hydrogens (primary N) is 1. The van der Waals surface area contributed by atoms with Crippen LogP contribution in [0.4, 0.5) is 0 Å². The van der Waals surface area contributed by atoms with Crippen molar-refractivity contribution in [1.82, 2.24) is 9.19 Å². The molecule has 0 radical (unpaired) electrons. The van der Waals surface area contributed by atoms with Gasteiger partial charge in [0.2, 0.25) is 10.0 Å². The van der Waals surface area contributed by atoms with Gasteiger partial charge in [0.15, 0.2) is 0 Å². The summed E-state index contributed by atoms with van der Waals surface area (Å²) in [6.45, 7) is 1.51. The van der Waals surface area contributed by atoms with Crippen LogP contribution in [0.2, 0.25) is 0 Å². The minimum absolute atomic E-state index is 0.0219. The Hall–Kier alpha value is -1.23. The lowest BCUT2D eigenvalue weighted by atomic mass is 10.3. The summed E-state index contributed by atoms with van der Waals surface area (Å²) < 4.78 is 46.4. The van der Waals surface area contributed by atoms with Crippen LogP contribution < -0.4 is 5.14 Å². The zero-order valence-corrected chi connectivity index (χ0v) is 12.3. The van der Waals surface area contributed by atoms with E-state index in [0.29, 0.717) is 10.4 Å². The second-order valence-corrected chi connectivity index (χ2v) is 8.65. The summed E-state index contributed by atoms with van der Waals surface area (Å²) in [7, 11) is -7.18. The molecule has 0 saturated heterocycles. The van der Waals surface area contributed by atoms with Crippen LogP contribution in [-0.4, -0.2) is 31.8 Å². The monoisotopic (exact) mass is 321 g/mol. The van der Waals surface area contributed by atoms with E-state index in [-0.39, 0.29) is 9.96 Å². The summed E-state index contributed by atoms with van der Waals surface area (Å²) in [4.78, 5) is 0.585. The van der Waals surface area contributed by atoms with Gasteiger partial charge in [-0.2, -0.15) is 9.19 Å². The molecule has 0 fully saturated rings. The Morgan fingerprint density at radius 2 is 2.00 bits per heavy atom. The summed E-state index contributed by atoms with van der Waals surface area (Å²) >= 11 is 0.963. The predicted octanol–water partition coefficient (Wildman–Crippen LogP) is 0.457. The van der Waals surface area contributed by atoms with E-state index >= 15 is 0 Å². The molecule has 0 amide bonds. The number of hydrogen-bond donors (Lipinski definition) is 1. The highest BCUT2D eigenvalue weighted by atomic mass is 32.2. The molecule has 0 aliphatic rings. The van der Waals surface area contributed by atoms with Crippen LogP contribution in [0.5, 0.6) is 0 Å². The van der Waals surface area contributed by atoms with Gasteiger partial charge in [0.25, 0.3) is 10.0 Å². The van der Waals surface area contributed by atoms with E-state index in [1.54, 1.807) is 6.07 Å². The standard InChI is InChI=1S/C9H11N3O4S3/c1-2-18(13,14)12-6-7(5-11-12)8-3-4-9(17-8)19(10,15)16/h3-6H,2H2,1H3,(H2,10,15,16). The van der Waals surface area contributed by atoms with E-state index in [4.69, 9.17) is 5.14 Å². The van der Waals surface area contributed by atoms with Gasteiger partial charge in [-0.25, -0.2) is 22.0 Å². The van der Waals surface area contributed by atoms with Gasteiger partial charge in [-0.3, -0.25) is 0 Å². The molecular weight excluding hydrogens is 310 g/mol. The molecule has 2 heterocycles. The van der Waals surface area contributed by atoms with Crippen molar-refractivity contribution >= 4 is 31.4 Å². The van der Waals surface area contributed by atoms with E-state index in [0.717, 1.165) is 15.4 Å². The normalized spacial score (nSPS) is 12.7. The van der Waals surface area contributed by atoms with Crippen LogP contribution in [0.25, 0.3) is 10.4 Å². The first-order valence-corrected chi connectivity index (χ1v) is 9.12. The van der Waals surface area contributed by atoms with Crippen LogP contribution in [0.1, 0.15) is 6.92 Å². The second kappa shape index (κ2) is 4.71. The number of nitrogens with zero attached hydrogens (tertiary/aromatic N) is 2. The number of thiophene rings is 1. The van der Waals surface area contributed by atoms with Crippen LogP contribution in [0, 0.1) is 0 Å². The summed E-state index contributed by atoms with van der Waals surface area (Å²) in [6, 6.07) is 2.94. The Kier molecular flexibility index (Phi) is 3.51. The highest BCUT2D eigenvalue weighted by molar-refractivity contribution is 7.91. The summed E-state index contributed by atoms with van der Waals surface area (Å²) in [5, 5.41) is 8.77. The number of sulfonamides is 1. The molecule has 0 aromatic carbocycles. The van der Waals surface area contributed by atoms with E-state index in [1.807, 2.05) is 0 Å². The third-order valence-electron chi connectivity index (χ3n) is 2.36. The van der Waals surface area contributed by atoms with E-state index in [9.17, 15) is 16.8 Å². The molecule has 2 rings (SSSR count). The van der Waals surface area contributed by atoms with Gasteiger partial charge in [0, 0.05) is 10.4 Å². The summed E-state index contributed by atoms with van der Waals surface area (Å²) in [5.74, 6) is -0.0685. The fraction of sp³-hybridized carbons (Fsp3) is 0.222. The molecule has 19 heavy (non-hydrogen) atoms. The molecule has 0 saturated carbocycles. The molecule has 0 spiro atoms. The topological polar surface area (TPSA) is 112 Å². The highest BCUT2D eigenvalue weighted by Gasteiger charge is 2.16. The van der Waals surface area contributed by atoms with Crippen molar-refractivity contribution in [3.8, 4) is 10.4 Å². The zero-order chi connectivity index (χ0) is 14.3. The van der Waals surface area contributed by atoms with Crippen molar-refractivity contribution in [3.05, 3.63) is 24.5 Å². The molecule has 0 unspecified atom stereocenters. The van der Waals surface area contributed by atoms with Crippen LogP contribution in [0.15, 0.2) is 28.7 Å². The number of hydrogen-bond acceptors (Lipinski definition) is 6. The minimum Gasteiger partial charge on any atom is -0.224 e. The first-order chi connectivity index (χ1) is 8.74. The molecule has 0 bridgehead atoms. The molecule has 0 aliphatic carbocycles. The van der Waals surface area contributed by atoms with Gasteiger partial charge in [0.1, 0.15) is 4.21 Å². The smallest absolute Gasteiger partial charge is 0.224 e. The van der Waals surface area contributed by atoms with Crippen LogP contribution >= 0.6 is 11.3 Å². The molecule has 10 heteroatoms. The van der Waals surface area contributed by atoms with E-state index < -0.39 is 20.0 Å². The molecule has 7 nitrogen and oxygen atoms in total. The maximum Gasteiger partial charge on any atom is 0.253 e. The number of aromatic nitrogens is 2. The number of primary sulfonamides is 1. The van der Waals surface area contributed by atoms with Gasteiger partial charge < -0.3 is 0 Å². The number of rotatable bonds is 4. The molecule has 2 N–H and O–H groups in total. The maximum absolute atomic E-state index is 11.6. The Morgan fingerprint density at radius 3 is 2.53 bits per heavy atom. The molecule has 0 aliphatic heterocycles. The lowest BCUT2D eigenvalue weighted by Crippen LogP contribution is -2.14. The van der Waals surface area contributed by atoms with Gasteiger partial charge in [-0.05, 0) is 19.1 Å². The molecule has 104 valence electrons. The van der Waals surface area contributed by atoms with E-state index in [1.165, 1.54) is 25.4 Å². The first kappa shape index (κ1) is 14.2. The van der Waals surface area contributed by atoms with Gasteiger partial charge in [-0.15, -0.1) is 11.3 Å². The molecule has 2 aromatic rings. The Balaban J connectivity index is 2.42. The third-order valence-corrected chi connectivity index (χ3v) is 6.43. The fourth-order valence-electron chi connectivity index (χ4n) is 1.34. The van der Waals surface area contributed by atoms with Gasteiger partial charge in [0.05, 0.1) is 18.1 Å². The Bertz CT molecular complexity index is 801. The van der Waals surface area contributed by atoms with Crippen molar-refractivity contribution in [2.24, 2.45) is 5.14 Å². The molecule has 0 atom stereocenters. The third kappa shape index (κ3) is 2.86. The average Bonchev–Trinajstić information content (AvgIpc) is 2.96. The maximum atomic E-state index is 11.6. The van der Waals surface area contributed by atoms with Crippen LogP contribution in [-0.2, 0) is 20.0 Å². The summed E-state index contributed by atoms with van der Waals surface area (Å²) in [5.41, 5.74) is 0.525. The lowest BCUT2D eigenvalue weighted by Gasteiger charge is -1.98.